The number of rotatable bonds is 8. The lowest BCUT2D eigenvalue weighted by Gasteiger charge is -2.08. The minimum Gasteiger partial charge on any atom is -0.492 e. The van der Waals surface area contributed by atoms with Crippen LogP contribution in [0, 0.1) is 5.92 Å². The Morgan fingerprint density at radius 2 is 2.15 bits per heavy atom. The summed E-state index contributed by atoms with van der Waals surface area (Å²) in [6, 6.07) is 7.12. The van der Waals surface area contributed by atoms with E-state index in [1.165, 1.54) is 18.7 Å². The molecule has 7 nitrogen and oxygen atoms in total. The predicted octanol–water partition coefficient (Wildman–Crippen LogP) is 2.42. The second kappa shape index (κ2) is 8.22. The third kappa shape index (κ3) is 5.07. The number of nitrogens with zero attached hydrogens (tertiary/aromatic N) is 2. The summed E-state index contributed by atoms with van der Waals surface area (Å²) in [7, 11) is -2.90. The lowest BCUT2D eigenvalue weighted by Crippen LogP contribution is -2.07. The maximum Gasteiger partial charge on any atom is 0.276 e. The van der Waals surface area contributed by atoms with E-state index < -0.39 is 9.84 Å². The van der Waals surface area contributed by atoms with Crippen molar-refractivity contribution < 1.29 is 22.4 Å². The largest absolute Gasteiger partial charge is 0.492 e. The van der Waals surface area contributed by atoms with Gasteiger partial charge in [0.25, 0.3) is 5.22 Å². The van der Waals surface area contributed by atoms with E-state index >= 15 is 0 Å². The molecule has 0 radical (unpaired) electrons. The second-order valence-corrected chi connectivity index (χ2v) is 9.46. The first-order chi connectivity index (χ1) is 12.4. The van der Waals surface area contributed by atoms with Crippen molar-refractivity contribution in [3.05, 3.63) is 35.7 Å². The molecular weight excluding hydrogens is 376 g/mol. The Bertz CT molecular complexity index is 879. The molecule has 9 heteroatoms. The second-order valence-electron chi connectivity index (χ2n) is 6.18. The van der Waals surface area contributed by atoms with Gasteiger partial charge in [-0.2, -0.15) is 0 Å². The number of aromatic nitrogens is 2. The first-order valence-electron chi connectivity index (χ1n) is 8.31. The van der Waals surface area contributed by atoms with E-state index in [2.05, 4.69) is 10.2 Å². The fraction of sp³-hybridized carbons (Fsp3) is 0.471. The van der Waals surface area contributed by atoms with E-state index in [1.54, 1.807) is 18.2 Å². The average Bonchev–Trinajstić information content (AvgIpc) is 3.18. The summed E-state index contributed by atoms with van der Waals surface area (Å²) in [5, 5.41) is 8.39. The van der Waals surface area contributed by atoms with Crippen molar-refractivity contribution in [2.75, 3.05) is 23.9 Å². The summed E-state index contributed by atoms with van der Waals surface area (Å²) in [4.78, 5) is 11.5. The Kier molecular flexibility index (Phi) is 5.98. The Hall–Kier alpha value is -1.87. The molecule has 0 saturated carbocycles. The number of thioether (sulfide) groups is 1. The number of para-hydroxylation sites is 1. The molecule has 140 valence electrons. The van der Waals surface area contributed by atoms with Crippen molar-refractivity contribution in [1.82, 2.24) is 10.2 Å². The standard InChI is InChI=1S/C17H20N2O5S2/c1-12(20)14-4-2-3-5-15(14)23-7-8-25-17-19-18-16(24-17)10-13-6-9-26(21,22)11-13/h2-5,13H,6-11H2,1H3. The lowest BCUT2D eigenvalue weighted by molar-refractivity contribution is 0.101. The van der Waals surface area contributed by atoms with Crippen molar-refractivity contribution in [2.24, 2.45) is 5.92 Å². The molecule has 1 aromatic carbocycles. The number of Topliss-reactive ketones (excluding diaryl/α,β-unsaturated/α-hetero) is 1. The van der Waals surface area contributed by atoms with Gasteiger partial charge in [0.05, 0.1) is 23.7 Å². The minimum absolute atomic E-state index is 0.0382. The highest BCUT2D eigenvalue weighted by molar-refractivity contribution is 7.99. The molecular formula is C17H20N2O5S2. The van der Waals surface area contributed by atoms with E-state index in [4.69, 9.17) is 9.15 Å². The minimum atomic E-state index is -2.90. The zero-order valence-corrected chi connectivity index (χ0v) is 16.0. The first-order valence-corrected chi connectivity index (χ1v) is 11.1. The number of benzene rings is 1. The summed E-state index contributed by atoms with van der Waals surface area (Å²) >= 11 is 1.36. The van der Waals surface area contributed by atoms with Gasteiger partial charge >= 0.3 is 0 Å². The summed E-state index contributed by atoms with van der Waals surface area (Å²) in [6.07, 6.45) is 1.14. The van der Waals surface area contributed by atoms with Gasteiger partial charge in [0.1, 0.15) is 5.75 Å². The summed E-state index contributed by atoms with van der Waals surface area (Å²) < 4.78 is 34.2. The number of hydrogen-bond donors (Lipinski definition) is 0. The van der Waals surface area contributed by atoms with Crippen LogP contribution >= 0.6 is 11.8 Å². The molecule has 1 aliphatic rings. The van der Waals surface area contributed by atoms with Gasteiger partial charge in [-0.05, 0) is 31.4 Å². The zero-order chi connectivity index (χ0) is 18.6. The molecule has 1 atom stereocenters. The lowest BCUT2D eigenvalue weighted by atomic mass is 10.1. The van der Waals surface area contributed by atoms with E-state index in [1.807, 2.05) is 6.07 Å². The van der Waals surface area contributed by atoms with Crippen molar-refractivity contribution >= 4 is 27.4 Å². The van der Waals surface area contributed by atoms with Crippen LogP contribution in [0.25, 0.3) is 0 Å². The number of ketones is 1. The molecule has 1 saturated heterocycles. The zero-order valence-electron chi connectivity index (χ0n) is 14.4. The molecule has 1 fully saturated rings. The van der Waals surface area contributed by atoms with Gasteiger partial charge in [-0.3, -0.25) is 4.79 Å². The molecule has 0 amide bonds. The fourth-order valence-corrected chi connectivity index (χ4v) is 5.28. The summed E-state index contributed by atoms with van der Waals surface area (Å²) in [6.45, 7) is 1.90. The van der Waals surface area contributed by atoms with Crippen molar-refractivity contribution in [3.63, 3.8) is 0 Å². The molecule has 1 unspecified atom stereocenters. The molecule has 1 aliphatic heterocycles. The van der Waals surface area contributed by atoms with Gasteiger partial charge < -0.3 is 9.15 Å². The van der Waals surface area contributed by atoms with E-state index in [0.29, 0.717) is 47.6 Å². The molecule has 2 aromatic rings. The average molecular weight is 396 g/mol. The van der Waals surface area contributed by atoms with Crippen LogP contribution in [-0.4, -0.2) is 48.3 Å². The van der Waals surface area contributed by atoms with Crippen LogP contribution in [0.1, 0.15) is 29.6 Å². The predicted molar refractivity (Wildman–Crippen MR) is 97.4 cm³/mol. The van der Waals surface area contributed by atoms with Gasteiger partial charge in [-0.25, -0.2) is 8.42 Å². The van der Waals surface area contributed by atoms with Crippen LogP contribution in [0.4, 0.5) is 0 Å². The highest BCUT2D eigenvalue weighted by Crippen LogP contribution is 2.24. The molecule has 0 aliphatic carbocycles. The van der Waals surface area contributed by atoms with Crippen LogP contribution < -0.4 is 4.74 Å². The highest BCUT2D eigenvalue weighted by Gasteiger charge is 2.29. The van der Waals surface area contributed by atoms with Crippen molar-refractivity contribution in [1.29, 1.82) is 0 Å². The van der Waals surface area contributed by atoms with Gasteiger partial charge in [-0.1, -0.05) is 23.9 Å². The topological polar surface area (TPSA) is 99.4 Å². The van der Waals surface area contributed by atoms with Gasteiger partial charge in [0.15, 0.2) is 15.6 Å². The molecule has 0 bridgehead atoms. The monoisotopic (exact) mass is 396 g/mol. The first kappa shape index (κ1) is 18.9. The van der Waals surface area contributed by atoms with E-state index in [0.717, 1.165) is 0 Å². The fourth-order valence-electron chi connectivity index (χ4n) is 2.82. The maximum atomic E-state index is 11.5. The van der Waals surface area contributed by atoms with Gasteiger partial charge in [-0.15, -0.1) is 10.2 Å². The third-order valence-electron chi connectivity index (χ3n) is 4.07. The normalized spacial score (nSPS) is 18.7. The number of carbonyl (C=O) groups is 1. The maximum absolute atomic E-state index is 11.5. The Balaban J connectivity index is 1.45. The number of hydrogen-bond acceptors (Lipinski definition) is 8. The number of sulfone groups is 1. The smallest absolute Gasteiger partial charge is 0.276 e. The molecule has 0 N–H and O–H groups in total. The van der Waals surface area contributed by atoms with Gasteiger partial charge in [0, 0.05) is 12.2 Å². The van der Waals surface area contributed by atoms with E-state index in [9.17, 15) is 13.2 Å². The number of carbonyl (C=O) groups excluding carboxylic acids is 1. The Morgan fingerprint density at radius 1 is 1.35 bits per heavy atom. The van der Waals surface area contributed by atoms with Crippen LogP contribution in [0.15, 0.2) is 33.9 Å². The van der Waals surface area contributed by atoms with Crippen molar-refractivity contribution in [2.45, 2.75) is 25.0 Å². The van der Waals surface area contributed by atoms with Crippen molar-refractivity contribution in [3.8, 4) is 5.75 Å². The van der Waals surface area contributed by atoms with Crippen LogP contribution in [-0.2, 0) is 16.3 Å². The van der Waals surface area contributed by atoms with Crippen LogP contribution in [0.3, 0.4) is 0 Å². The number of ether oxygens (including phenoxy) is 1. The summed E-state index contributed by atoms with van der Waals surface area (Å²) in [5.41, 5.74) is 0.559. The molecule has 26 heavy (non-hydrogen) atoms. The quantitative estimate of drug-likeness (QED) is 0.381. The molecule has 0 spiro atoms. The summed E-state index contributed by atoms with van der Waals surface area (Å²) in [5.74, 6) is 2.08. The van der Waals surface area contributed by atoms with Gasteiger partial charge in [0.2, 0.25) is 5.89 Å². The van der Waals surface area contributed by atoms with E-state index in [-0.39, 0.29) is 23.2 Å². The third-order valence-corrected chi connectivity index (χ3v) is 6.69. The van der Waals surface area contributed by atoms with Crippen LogP contribution in [0.2, 0.25) is 0 Å². The molecule has 1 aromatic heterocycles. The highest BCUT2D eigenvalue weighted by atomic mass is 32.2. The van der Waals surface area contributed by atoms with Crippen LogP contribution in [0.5, 0.6) is 5.75 Å². The SMILES string of the molecule is CC(=O)c1ccccc1OCCSc1nnc(CC2CCS(=O)(=O)C2)o1. The molecule has 3 rings (SSSR count). The molecule has 2 heterocycles. The Labute approximate surface area is 156 Å². The Morgan fingerprint density at radius 3 is 2.88 bits per heavy atom.